The fourth-order valence-electron chi connectivity index (χ4n) is 1.95. The van der Waals surface area contributed by atoms with Crippen molar-refractivity contribution >= 4 is 5.91 Å². The second-order valence-electron chi connectivity index (χ2n) is 5.94. The first-order chi connectivity index (χ1) is 9.95. The van der Waals surface area contributed by atoms with Crippen LogP contribution < -0.4 is 10.1 Å². The Kier molecular flexibility index (Phi) is 7.23. The maximum atomic E-state index is 11.7. The van der Waals surface area contributed by atoms with E-state index in [0.29, 0.717) is 19.8 Å². The minimum absolute atomic E-state index is 0.00936. The van der Waals surface area contributed by atoms with Gasteiger partial charge in [0.1, 0.15) is 5.75 Å². The lowest BCUT2D eigenvalue weighted by molar-refractivity contribution is -0.123. The quantitative estimate of drug-likeness (QED) is 0.750. The Hall–Kier alpha value is -1.55. The summed E-state index contributed by atoms with van der Waals surface area (Å²) in [5, 5.41) is 2.83. The molecule has 0 atom stereocenters. The summed E-state index contributed by atoms with van der Waals surface area (Å²) in [7, 11) is 0. The normalized spacial score (nSPS) is 11.2. The Bertz CT molecular complexity index is 438. The zero-order valence-corrected chi connectivity index (χ0v) is 13.6. The van der Waals surface area contributed by atoms with E-state index in [1.165, 1.54) is 0 Å². The van der Waals surface area contributed by atoms with Crippen LogP contribution in [0.5, 0.6) is 5.75 Å². The maximum Gasteiger partial charge on any atom is 0.257 e. The average Bonchev–Trinajstić information content (AvgIpc) is 2.44. The lowest BCUT2D eigenvalue weighted by Gasteiger charge is -2.22. The van der Waals surface area contributed by atoms with Crippen LogP contribution in [-0.2, 0) is 14.9 Å². The van der Waals surface area contributed by atoms with E-state index in [9.17, 15) is 4.79 Å². The summed E-state index contributed by atoms with van der Waals surface area (Å²) in [5.74, 6) is 0.671. The van der Waals surface area contributed by atoms with E-state index >= 15 is 0 Å². The van der Waals surface area contributed by atoms with E-state index in [4.69, 9.17) is 9.47 Å². The molecule has 1 N–H and O–H groups in total. The topological polar surface area (TPSA) is 47.6 Å². The molecule has 0 aliphatic rings. The molecule has 0 aromatic heterocycles. The molecule has 0 heterocycles. The summed E-state index contributed by atoms with van der Waals surface area (Å²) in [4.78, 5) is 11.7. The van der Waals surface area contributed by atoms with Crippen LogP contribution in [-0.4, -0.2) is 32.3 Å². The SMILES string of the molecule is CCOCCCNC(=O)COc1ccccc1C(C)(C)C. The fraction of sp³-hybridized carbons (Fsp3) is 0.588. The summed E-state index contributed by atoms with van der Waals surface area (Å²) in [5.41, 5.74) is 1.10. The molecule has 1 aromatic rings. The predicted octanol–water partition coefficient (Wildman–Crippen LogP) is 2.91. The molecule has 0 saturated heterocycles. The summed E-state index contributed by atoms with van der Waals surface area (Å²) in [6.45, 7) is 10.4. The molecule has 0 unspecified atom stereocenters. The number of hydrogen-bond acceptors (Lipinski definition) is 3. The lowest BCUT2D eigenvalue weighted by Crippen LogP contribution is -2.30. The number of hydrogen-bond donors (Lipinski definition) is 1. The van der Waals surface area contributed by atoms with Gasteiger partial charge in [0.2, 0.25) is 0 Å². The highest BCUT2D eigenvalue weighted by atomic mass is 16.5. The molecule has 1 rings (SSSR count). The summed E-state index contributed by atoms with van der Waals surface area (Å²) >= 11 is 0. The second kappa shape index (κ2) is 8.67. The molecule has 118 valence electrons. The van der Waals surface area contributed by atoms with E-state index in [-0.39, 0.29) is 17.9 Å². The third-order valence-corrected chi connectivity index (χ3v) is 3.05. The van der Waals surface area contributed by atoms with Gasteiger partial charge in [-0.15, -0.1) is 0 Å². The highest BCUT2D eigenvalue weighted by Gasteiger charge is 2.18. The Balaban J connectivity index is 2.40. The Morgan fingerprint density at radius 1 is 1.24 bits per heavy atom. The van der Waals surface area contributed by atoms with Gasteiger partial charge >= 0.3 is 0 Å². The van der Waals surface area contributed by atoms with Crippen LogP contribution >= 0.6 is 0 Å². The van der Waals surface area contributed by atoms with Gasteiger partial charge in [-0.25, -0.2) is 0 Å². The maximum absolute atomic E-state index is 11.7. The van der Waals surface area contributed by atoms with Gasteiger partial charge in [0.15, 0.2) is 6.61 Å². The number of carbonyl (C=O) groups is 1. The van der Waals surface area contributed by atoms with Crippen LogP contribution in [0, 0.1) is 0 Å². The standard InChI is InChI=1S/C17H27NO3/c1-5-20-12-8-11-18-16(19)13-21-15-10-7-6-9-14(15)17(2,3)4/h6-7,9-10H,5,8,11-13H2,1-4H3,(H,18,19). The van der Waals surface area contributed by atoms with Crippen LogP contribution in [0.4, 0.5) is 0 Å². The van der Waals surface area contributed by atoms with Gasteiger partial charge in [-0.2, -0.15) is 0 Å². The van der Waals surface area contributed by atoms with Crippen LogP contribution in [0.25, 0.3) is 0 Å². The number of rotatable bonds is 8. The van der Waals surface area contributed by atoms with Crippen molar-refractivity contribution in [2.24, 2.45) is 0 Å². The van der Waals surface area contributed by atoms with Crippen molar-refractivity contribution in [3.8, 4) is 5.75 Å². The molecule has 0 radical (unpaired) electrons. The Morgan fingerprint density at radius 3 is 2.62 bits per heavy atom. The van der Waals surface area contributed by atoms with Crippen molar-refractivity contribution in [1.82, 2.24) is 5.32 Å². The molecular formula is C17H27NO3. The summed E-state index contributed by atoms with van der Waals surface area (Å²) < 4.78 is 10.9. The fourth-order valence-corrected chi connectivity index (χ4v) is 1.95. The van der Waals surface area contributed by atoms with Crippen LogP contribution in [0.3, 0.4) is 0 Å². The molecule has 0 aliphatic carbocycles. The minimum Gasteiger partial charge on any atom is -0.483 e. The van der Waals surface area contributed by atoms with Crippen molar-refractivity contribution < 1.29 is 14.3 Å². The largest absolute Gasteiger partial charge is 0.483 e. The van der Waals surface area contributed by atoms with Crippen molar-refractivity contribution in [2.45, 2.75) is 39.5 Å². The highest BCUT2D eigenvalue weighted by molar-refractivity contribution is 5.77. The average molecular weight is 293 g/mol. The molecule has 4 heteroatoms. The van der Waals surface area contributed by atoms with Gasteiger partial charge in [-0.3, -0.25) is 4.79 Å². The zero-order chi connectivity index (χ0) is 15.7. The van der Waals surface area contributed by atoms with Crippen molar-refractivity contribution in [2.75, 3.05) is 26.4 Å². The van der Waals surface area contributed by atoms with Crippen LogP contribution in [0.1, 0.15) is 39.7 Å². The number of ether oxygens (including phenoxy) is 2. The third kappa shape index (κ3) is 6.63. The first-order valence-electron chi connectivity index (χ1n) is 7.52. The molecule has 1 amide bonds. The van der Waals surface area contributed by atoms with Gasteiger partial charge < -0.3 is 14.8 Å². The molecule has 0 bridgehead atoms. The Morgan fingerprint density at radius 2 is 1.95 bits per heavy atom. The van der Waals surface area contributed by atoms with Gasteiger partial charge in [0, 0.05) is 19.8 Å². The van der Waals surface area contributed by atoms with Crippen LogP contribution in [0.2, 0.25) is 0 Å². The van der Waals surface area contributed by atoms with Gasteiger partial charge in [-0.05, 0) is 30.4 Å². The highest BCUT2D eigenvalue weighted by Crippen LogP contribution is 2.30. The van der Waals surface area contributed by atoms with Gasteiger partial charge in [-0.1, -0.05) is 39.0 Å². The lowest BCUT2D eigenvalue weighted by atomic mass is 9.86. The number of nitrogens with one attached hydrogen (secondary N) is 1. The number of carbonyl (C=O) groups excluding carboxylic acids is 1. The molecule has 21 heavy (non-hydrogen) atoms. The smallest absolute Gasteiger partial charge is 0.257 e. The molecule has 4 nitrogen and oxygen atoms in total. The predicted molar refractivity (Wildman–Crippen MR) is 84.8 cm³/mol. The van der Waals surface area contributed by atoms with Crippen molar-refractivity contribution in [3.05, 3.63) is 29.8 Å². The zero-order valence-electron chi connectivity index (χ0n) is 13.6. The summed E-state index contributed by atoms with van der Waals surface area (Å²) in [6, 6.07) is 7.85. The molecule has 0 fully saturated rings. The number of benzene rings is 1. The van der Waals surface area contributed by atoms with E-state index < -0.39 is 0 Å². The van der Waals surface area contributed by atoms with Gasteiger partial charge in [0.25, 0.3) is 5.91 Å². The first-order valence-corrected chi connectivity index (χ1v) is 7.52. The third-order valence-electron chi connectivity index (χ3n) is 3.05. The molecule has 0 spiro atoms. The van der Waals surface area contributed by atoms with E-state index in [1.54, 1.807) is 0 Å². The Labute approximate surface area is 127 Å². The molecular weight excluding hydrogens is 266 g/mol. The molecule has 0 aliphatic heterocycles. The van der Waals surface area contributed by atoms with Crippen molar-refractivity contribution in [3.63, 3.8) is 0 Å². The minimum atomic E-state index is -0.102. The van der Waals surface area contributed by atoms with Crippen LogP contribution in [0.15, 0.2) is 24.3 Å². The first kappa shape index (κ1) is 17.5. The molecule has 1 aromatic carbocycles. The monoisotopic (exact) mass is 293 g/mol. The number of amides is 1. The number of para-hydroxylation sites is 1. The van der Waals surface area contributed by atoms with Gasteiger partial charge in [0.05, 0.1) is 0 Å². The van der Waals surface area contributed by atoms with E-state index in [0.717, 1.165) is 17.7 Å². The van der Waals surface area contributed by atoms with Crippen molar-refractivity contribution in [1.29, 1.82) is 0 Å². The van der Waals surface area contributed by atoms with E-state index in [1.807, 2.05) is 31.2 Å². The summed E-state index contributed by atoms with van der Waals surface area (Å²) in [6.07, 6.45) is 0.818. The molecule has 0 saturated carbocycles. The second-order valence-corrected chi connectivity index (χ2v) is 5.94. The van der Waals surface area contributed by atoms with E-state index in [2.05, 4.69) is 26.1 Å².